The molecular weight excluding hydrogens is 258 g/mol. The standard InChI is InChI=1S/C14H21N3OS/c1-11-10-19-8-7-17(11)9-13(14(15)16-18)12-5-3-2-4-6-12/h2-6,11,13,18H,7-10H2,1H3,(H2,15,16). The highest BCUT2D eigenvalue weighted by atomic mass is 32.2. The molecule has 1 aliphatic rings. The first-order valence-electron chi connectivity index (χ1n) is 6.56. The van der Waals surface area contributed by atoms with Crippen molar-refractivity contribution in [1.82, 2.24) is 4.90 Å². The lowest BCUT2D eigenvalue weighted by atomic mass is 9.97. The van der Waals surface area contributed by atoms with Crippen LogP contribution in [-0.2, 0) is 0 Å². The second kappa shape index (κ2) is 6.82. The van der Waals surface area contributed by atoms with Crippen LogP contribution in [0.4, 0.5) is 0 Å². The molecule has 2 unspecified atom stereocenters. The minimum atomic E-state index is -0.0447. The van der Waals surface area contributed by atoms with Crippen LogP contribution in [0, 0.1) is 0 Å². The van der Waals surface area contributed by atoms with Crippen LogP contribution < -0.4 is 5.73 Å². The van der Waals surface area contributed by atoms with Gasteiger partial charge in [-0.15, -0.1) is 0 Å². The number of nitrogens with two attached hydrogens (primary N) is 1. The average molecular weight is 279 g/mol. The van der Waals surface area contributed by atoms with Crippen LogP contribution in [0.15, 0.2) is 35.5 Å². The number of hydrogen-bond donors (Lipinski definition) is 2. The molecule has 104 valence electrons. The quantitative estimate of drug-likeness (QED) is 0.383. The summed E-state index contributed by atoms with van der Waals surface area (Å²) in [6.07, 6.45) is 0. The molecule has 19 heavy (non-hydrogen) atoms. The predicted octanol–water partition coefficient (Wildman–Crippen LogP) is 1.95. The van der Waals surface area contributed by atoms with Crippen LogP contribution in [-0.4, -0.2) is 46.6 Å². The number of hydrogen-bond acceptors (Lipinski definition) is 4. The van der Waals surface area contributed by atoms with E-state index in [9.17, 15) is 0 Å². The van der Waals surface area contributed by atoms with E-state index in [0.29, 0.717) is 6.04 Å². The zero-order valence-electron chi connectivity index (χ0n) is 11.2. The molecule has 2 rings (SSSR count). The summed E-state index contributed by atoms with van der Waals surface area (Å²) in [6, 6.07) is 10.6. The lowest BCUT2D eigenvalue weighted by molar-refractivity contribution is 0.228. The molecule has 5 heteroatoms. The van der Waals surface area contributed by atoms with E-state index in [1.54, 1.807) is 0 Å². The zero-order chi connectivity index (χ0) is 13.7. The summed E-state index contributed by atoms with van der Waals surface area (Å²) in [5, 5.41) is 12.2. The molecular formula is C14H21N3OS. The first kappa shape index (κ1) is 14.2. The molecule has 4 nitrogen and oxygen atoms in total. The Balaban J connectivity index is 2.15. The van der Waals surface area contributed by atoms with E-state index in [4.69, 9.17) is 10.9 Å². The van der Waals surface area contributed by atoms with Crippen molar-refractivity contribution in [2.45, 2.75) is 18.9 Å². The van der Waals surface area contributed by atoms with E-state index in [-0.39, 0.29) is 11.8 Å². The summed E-state index contributed by atoms with van der Waals surface area (Å²) in [5.74, 6) is 2.55. The topological polar surface area (TPSA) is 61.8 Å². The van der Waals surface area contributed by atoms with E-state index in [1.807, 2.05) is 42.1 Å². The molecule has 3 N–H and O–H groups in total. The normalized spacial score (nSPS) is 23.2. The Hall–Kier alpha value is -1.20. The molecule has 2 atom stereocenters. The van der Waals surface area contributed by atoms with Crippen LogP contribution in [0.5, 0.6) is 0 Å². The maximum Gasteiger partial charge on any atom is 0.147 e. The van der Waals surface area contributed by atoms with Crippen molar-refractivity contribution in [3.05, 3.63) is 35.9 Å². The monoisotopic (exact) mass is 279 g/mol. The summed E-state index contributed by atoms with van der Waals surface area (Å²) in [7, 11) is 0. The summed E-state index contributed by atoms with van der Waals surface area (Å²) < 4.78 is 0. The van der Waals surface area contributed by atoms with Gasteiger partial charge in [-0.05, 0) is 12.5 Å². The van der Waals surface area contributed by atoms with E-state index < -0.39 is 0 Å². The SMILES string of the molecule is CC1CSCCN1CC(C(N)=NO)c1ccccc1. The number of amidine groups is 1. The number of rotatable bonds is 4. The fourth-order valence-corrected chi connectivity index (χ4v) is 3.47. The van der Waals surface area contributed by atoms with Gasteiger partial charge in [-0.2, -0.15) is 11.8 Å². The Morgan fingerprint density at radius 1 is 1.53 bits per heavy atom. The van der Waals surface area contributed by atoms with E-state index >= 15 is 0 Å². The van der Waals surface area contributed by atoms with Gasteiger partial charge < -0.3 is 10.9 Å². The molecule has 1 heterocycles. The van der Waals surface area contributed by atoms with Gasteiger partial charge in [-0.3, -0.25) is 4.90 Å². The molecule has 0 radical (unpaired) electrons. The third-order valence-electron chi connectivity index (χ3n) is 3.60. The Bertz CT molecular complexity index is 424. The molecule has 1 saturated heterocycles. The minimum Gasteiger partial charge on any atom is -0.409 e. The van der Waals surface area contributed by atoms with Gasteiger partial charge >= 0.3 is 0 Å². The molecule has 0 aliphatic carbocycles. The Kier molecular flexibility index (Phi) is 5.10. The number of thioether (sulfide) groups is 1. The van der Waals surface area contributed by atoms with Gasteiger partial charge in [0.25, 0.3) is 0 Å². The predicted molar refractivity (Wildman–Crippen MR) is 81.0 cm³/mol. The van der Waals surface area contributed by atoms with Crippen molar-refractivity contribution in [2.24, 2.45) is 10.9 Å². The molecule has 0 spiro atoms. The average Bonchev–Trinajstić information content (AvgIpc) is 2.46. The molecule has 0 bridgehead atoms. The minimum absolute atomic E-state index is 0.0447. The van der Waals surface area contributed by atoms with Crippen molar-refractivity contribution >= 4 is 17.6 Å². The highest BCUT2D eigenvalue weighted by Gasteiger charge is 2.25. The molecule has 0 aromatic heterocycles. The Labute approximate surface area is 118 Å². The first-order valence-corrected chi connectivity index (χ1v) is 7.72. The second-order valence-corrected chi connectivity index (χ2v) is 6.06. The first-order chi connectivity index (χ1) is 9.22. The van der Waals surface area contributed by atoms with Crippen molar-refractivity contribution in [2.75, 3.05) is 24.6 Å². The maximum absolute atomic E-state index is 9.00. The number of benzene rings is 1. The van der Waals surface area contributed by atoms with Crippen LogP contribution in [0.2, 0.25) is 0 Å². The van der Waals surface area contributed by atoms with E-state index in [0.717, 1.165) is 30.2 Å². The highest BCUT2D eigenvalue weighted by molar-refractivity contribution is 7.99. The molecule has 1 aromatic rings. The van der Waals surface area contributed by atoms with E-state index in [1.165, 1.54) is 0 Å². The lowest BCUT2D eigenvalue weighted by Crippen LogP contribution is -2.44. The van der Waals surface area contributed by atoms with Crippen molar-refractivity contribution in [3.63, 3.8) is 0 Å². The summed E-state index contributed by atoms with van der Waals surface area (Å²) >= 11 is 1.99. The molecule has 1 aliphatic heterocycles. The summed E-state index contributed by atoms with van der Waals surface area (Å²) in [5.41, 5.74) is 6.98. The molecule has 0 amide bonds. The number of oxime groups is 1. The third-order valence-corrected chi connectivity index (χ3v) is 4.79. The van der Waals surface area contributed by atoms with Gasteiger partial charge in [0.1, 0.15) is 5.84 Å². The van der Waals surface area contributed by atoms with Crippen molar-refractivity contribution < 1.29 is 5.21 Å². The van der Waals surface area contributed by atoms with E-state index in [2.05, 4.69) is 17.0 Å². The van der Waals surface area contributed by atoms with Crippen LogP contribution in [0.3, 0.4) is 0 Å². The van der Waals surface area contributed by atoms with Crippen molar-refractivity contribution in [1.29, 1.82) is 0 Å². The van der Waals surface area contributed by atoms with Crippen LogP contribution in [0.1, 0.15) is 18.4 Å². The fraction of sp³-hybridized carbons (Fsp3) is 0.500. The second-order valence-electron chi connectivity index (χ2n) is 4.91. The highest BCUT2D eigenvalue weighted by Crippen LogP contribution is 2.22. The van der Waals surface area contributed by atoms with Gasteiger partial charge in [-0.1, -0.05) is 35.5 Å². The van der Waals surface area contributed by atoms with Crippen LogP contribution in [0.25, 0.3) is 0 Å². The lowest BCUT2D eigenvalue weighted by Gasteiger charge is -2.35. The zero-order valence-corrected chi connectivity index (χ0v) is 12.0. The van der Waals surface area contributed by atoms with Gasteiger partial charge in [0, 0.05) is 30.6 Å². The third kappa shape index (κ3) is 3.64. The molecule has 0 saturated carbocycles. The summed E-state index contributed by atoms with van der Waals surface area (Å²) in [4.78, 5) is 2.42. The largest absolute Gasteiger partial charge is 0.409 e. The van der Waals surface area contributed by atoms with Gasteiger partial charge in [0.05, 0.1) is 5.92 Å². The van der Waals surface area contributed by atoms with Gasteiger partial charge in [-0.25, -0.2) is 0 Å². The number of nitrogens with zero attached hydrogens (tertiary/aromatic N) is 2. The maximum atomic E-state index is 9.00. The smallest absolute Gasteiger partial charge is 0.147 e. The Morgan fingerprint density at radius 3 is 2.89 bits per heavy atom. The molecule has 1 aromatic carbocycles. The van der Waals surface area contributed by atoms with Gasteiger partial charge in [0.15, 0.2) is 0 Å². The fourth-order valence-electron chi connectivity index (χ4n) is 2.39. The molecule has 1 fully saturated rings. The van der Waals surface area contributed by atoms with Gasteiger partial charge in [0.2, 0.25) is 0 Å². The Morgan fingerprint density at radius 2 is 2.26 bits per heavy atom. The van der Waals surface area contributed by atoms with Crippen LogP contribution >= 0.6 is 11.8 Å². The van der Waals surface area contributed by atoms with Crippen molar-refractivity contribution in [3.8, 4) is 0 Å². The summed E-state index contributed by atoms with van der Waals surface area (Å²) in [6.45, 7) is 4.11.